The van der Waals surface area contributed by atoms with Gasteiger partial charge in [-0.3, -0.25) is 9.59 Å². The number of imidazole rings is 1. The molecule has 8 heteroatoms. The number of nitrogens with one attached hydrogen (secondary N) is 2. The van der Waals surface area contributed by atoms with E-state index in [1.165, 1.54) is 16.7 Å². The Labute approximate surface area is 176 Å². The third-order valence-corrected chi connectivity index (χ3v) is 5.81. The summed E-state index contributed by atoms with van der Waals surface area (Å²) in [6.07, 6.45) is 1.70. The van der Waals surface area contributed by atoms with Gasteiger partial charge in [0.1, 0.15) is 17.4 Å². The SMILES string of the molecule is O=C1CN(C(=O)CSc2ncccc2-c2nc3ccccc3[nH]2)c2ccccc2N1. The predicted molar refractivity (Wildman–Crippen MR) is 117 cm³/mol. The summed E-state index contributed by atoms with van der Waals surface area (Å²) in [6.45, 7) is 0.00898. The molecule has 0 spiro atoms. The predicted octanol–water partition coefficient (Wildman–Crippen LogP) is 3.70. The van der Waals surface area contributed by atoms with Gasteiger partial charge in [-0.05, 0) is 36.4 Å². The largest absolute Gasteiger partial charge is 0.338 e. The summed E-state index contributed by atoms with van der Waals surface area (Å²) in [5, 5.41) is 3.51. The summed E-state index contributed by atoms with van der Waals surface area (Å²) in [4.78, 5) is 38.9. The lowest BCUT2D eigenvalue weighted by Crippen LogP contribution is -2.43. The molecule has 148 valence electrons. The van der Waals surface area contributed by atoms with E-state index in [9.17, 15) is 9.59 Å². The summed E-state index contributed by atoms with van der Waals surface area (Å²) >= 11 is 1.34. The molecule has 1 aliphatic heterocycles. The summed E-state index contributed by atoms with van der Waals surface area (Å²) in [7, 11) is 0. The Kier molecular flexibility index (Phi) is 4.68. The monoisotopic (exact) mass is 415 g/mol. The fourth-order valence-electron chi connectivity index (χ4n) is 3.43. The van der Waals surface area contributed by atoms with Crippen LogP contribution in [0.15, 0.2) is 71.9 Å². The van der Waals surface area contributed by atoms with E-state index >= 15 is 0 Å². The van der Waals surface area contributed by atoms with Gasteiger partial charge in [0.15, 0.2) is 0 Å². The molecule has 1 aliphatic rings. The number of rotatable bonds is 4. The van der Waals surface area contributed by atoms with Crippen LogP contribution in [0, 0.1) is 0 Å². The lowest BCUT2D eigenvalue weighted by molar-refractivity contribution is -0.120. The lowest BCUT2D eigenvalue weighted by Gasteiger charge is -2.29. The van der Waals surface area contributed by atoms with Gasteiger partial charge >= 0.3 is 0 Å². The molecule has 3 heterocycles. The third-order valence-electron chi connectivity index (χ3n) is 4.82. The van der Waals surface area contributed by atoms with Gasteiger partial charge in [0.2, 0.25) is 11.8 Å². The van der Waals surface area contributed by atoms with E-state index in [-0.39, 0.29) is 24.1 Å². The molecule has 0 saturated heterocycles. The molecule has 0 unspecified atom stereocenters. The average molecular weight is 415 g/mol. The highest BCUT2D eigenvalue weighted by Crippen LogP contribution is 2.32. The number of para-hydroxylation sites is 4. The Balaban J connectivity index is 1.39. The molecule has 0 saturated carbocycles. The van der Waals surface area contributed by atoms with Crippen LogP contribution < -0.4 is 10.2 Å². The van der Waals surface area contributed by atoms with E-state index in [0.29, 0.717) is 22.2 Å². The number of hydrogen-bond donors (Lipinski definition) is 2. The number of thioether (sulfide) groups is 1. The first kappa shape index (κ1) is 18.4. The zero-order valence-electron chi connectivity index (χ0n) is 15.8. The maximum atomic E-state index is 12.9. The van der Waals surface area contributed by atoms with Gasteiger partial charge in [0, 0.05) is 11.8 Å². The number of H-pyrrole nitrogens is 1. The minimum atomic E-state index is -0.201. The molecule has 30 heavy (non-hydrogen) atoms. The number of fused-ring (bicyclic) bond motifs is 2. The quantitative estimate of drug-likeness (QED) is 0.496. The third kappa shape index (κ3) is 3.42. The number of carbonyl (C=O) groups is 2. The number of pyridine rings is 1. The number of anilines is 2. The average Bonchev–Trinajstić information content (AvgIpc) is 3.21. The normalized spacial score (nSPS) is 13.2. The number of nitrogens with zero attached hydrogens (tertiary/aromatic N) is 3. The Morgan fingerprint density at radius 2 is 1.90 bits per heavy atom. The number of amides is 2. The molecule has 2 aromatic heterocycles. The molecular formula is C22H17N5O2S. The van der Waals surface area contributed by atoms with E-state index in [1.807, 2.05) is 54.6 Å². The Morgan fingerprint density at radius 1 is 1.07 bits per heavy atom. The summed E-state index contributed by atoms with van der Waals surface area (Å²) in [5.74, 6) is 0.518. The van der Waals surface area contributed by atoms with Crippen molar-refractivity contribution in [3.8, 4) is 11.4 Å². The standard InChI is InChI=1S/C22H17N5O2S/c28-19-12-27(18-10-4-3-9-17(18)24-19)20(29)13-30-22-14(6-5-11-23-22)21-25-15-7-1-2-8-16(15)26-21/h1-11H,12-13H2,(H,24,28)(H,25,26). The number of aromatic amines is 1. The van der Waals surface area contributed by atoms with Crippen LogP contribution in [0.4, 0.5) is 11.4 Å². The van der Waals surface area contributed by atoms with Crippen LogP contribution in [0.25, 0.3) is 22.4 Å². The molecule has 4 aromatic rings. The molecule has 2 aromatic carbocycles. The van der Waals surface area contributed by atoms with Crippen molar-refractivity contribution < 1.29 is 9.59 Å². The maximum absolute atomic E-state index is 12.9. The summed E-state index contributed by atoms with van der Waals surface area (Å²) in [6, 6.07) is 18.9. The van der Waals surface area contributed by atoms with Crippen LogP contribution in [0.3, 0.4) is 0 Å². The first-order chi connectivity index (χ1) is 14.7. The Hall–Kier alpha value is -3.65. The molecule has 2 N–H and O–H groups in total. The molecule has 5 rings (SSSR count). The van der Waals surface area contributed by atoms with E-state index in [4.69, 9.17) is 0 Å². The fraction of sp³-hybridized carbons (Fsp3) is 0.0909. The van der Waals surface area contributed by atoms with Gasteiger partial charge in [-0.15, -0.1) is 0 Å². The molecule has 0 radical (unpaired) electrons. The Morgan fingerprint density at radius 3 is 2.80 bits per heavy atom. The van der Waals surface area contributed by atoms with Crippen LogP contribution >= 0.6 is 11.8 Å². The van der Waals surface area contributed by atoms with Crippen LogP contribution in [0.1, 0.15) is 0 Å². The first-order valence-corrected chi connectivity index (χ1v) is 10.4. The van der Waals surface area contributed by atoms with E-state index in [1.54, 1.807) is 12.3 Å². The van der Waals surface area contributed by atoms with Gasteiger partial charge in [-0.25, -0.2) is 9.97 Å². The second-order valence-electron chi connectivity index (χ2n) is 6.79. The van der Waals surface area contributed by atoms with Gasteiger partial charge in [0.25, 0.3) is 0 Å². The molecule has 2 amide bonds. The second-order valence-corrected chi connectivity index (χ2v) is 7.76. The highest BCUT2D eigenvalue weighted by molar-refractivity contribution is 8.00. The summed E-state index contributed by atoms with van der Waals surface area (Å²) < 4.78 is 0. The van der Waals surface area contributed by atoms with E-state index < -0.39 is 0 Å². The molecule has 0 aliphatic carbocycles. The molecule has 0 bridgehead atoms. The fourth-order valence-corrected chi connectivity index (χ4v) is 4.30. The number of benzene rings is 2. The van der Waals surface area contributed by atoms with Gasteiger partial charge < -0.3 is 15.2 Å². The maximum Gasteiger partial charge on any atom is 0.244 e. The highest BCUT2D eigenvalue weighted by atomic mass is 32.2. The van der Waals surface area contributed by atoms with Gasteiger partial charge in [0.05, 0.1) is 28.2 Å². The van der Waals surface area contributed by atoms with Crippen molar-refractivity contribution in [3.05, 3.63) is 66.9 Å². The zero-order chi connectivity index (χ0) is 20.5. The zero-order valence-corrected chi connectivity index (χ0v) is 16.6. The number of carbonyl (C=O) groups excluding carboxylic acids is 2. The van der Waals surface area contributed by atoms with Crippen LogP contribution in [-0.4, -0.2) is 39.1 Å². The van der Waals surface area contributed by atoms with E-state index in [2.05, 4.69) is 20.3 Å². The molecule has 0 atom stereocenters. The van der Waals surface area contributed by atoms with Crippen LogP contribution in [0.2, 0.25) is 0 Å². The van der Waals surface area contributed by atoms with Crippen molar-refractivity contribution in [1.82, 2.24) is 15.0 Å². The number of hydrogen-bond acceptors (Lipinski definition) is 5. The van der Waals surface area contributed by atoms with Crippen molar-refractivity contribution in [2.45, 2.75) is 5.03 Å². The van der Waals surface area contributed by atoms with Crippen LogP contribution in [-0.2, 0) is 9.59 Å². The smallest absolute Gasteiger partial charge is 0.244 e. The lowest BCUT2D eigenvalue weighted by atomic mass is 10.2. The van der Waals surface area contributed by atoms with Crippen LogP contribution in [0.5, 0.6) is 0 Å². The van der Waals surface area contributed by atoms with Crippen molar-refractivity contribution in [1.29, 1.82) is 0 Å². The summed E-state index contributed by atoms with van der Waals surface area (Å²) in [5.41, 5.74) is 4.01. The minimum Gasteiger partial charge on any atom is -0.338 e. The minimum absolute atomic E-state index is 0.00898. The van der Waals surface area contributed by atoms with Crippen molar-refractivity contribution in [2.24, 2.45) is 0 Å². The van der Waals surface area contributed by atoms with Gasteiger partial charge in [-0.1, -0.05) is 36.0 Å². The van der Waals surface area contributed by atoms with Gasteiger partial charge in [-0.2, -0.15) is 0 Å². The van der Waals surface area contributed by atoms with Crippen molar-refractivity contribution in [3.63, 3.8) is 0 Å². The molecule has 7 nitrogen and oxygen atoms in total. The first-order valence-electron chi connectivity index (χ1n) is 9.41. The highest BCUT2D eigenvalue weighted by Gasteiger charge is 2.26. The van der Waals surface area contributed by atoms with Crippen molar-refractivity contribution >= 4 is 46.0 Å². The molecule has 0 fully saturated rings. The molecular weight excluding hydrogens is 398 g/mol. The second kappa shape index (κ2) is 7.64. The number of aromatic nitrogens is 3. The van der Waals surface area contributed by atoms with Crippen molar-refractivity contribution in [2.75, 3.05) is 22.5 Å². The Bertz CT molecular complexity index is 1240. The van der Waals surface area contributed by atoms with E-state index in [0.717, 1.165) is 16.6 Å². The topological polar surface area (TPSA) is 91.0 Å².